The molecule has 0 heterocycles. The highest BCUT2D eigenvalue weighted by molar-refractivity contribution is 6.30. The van der Waals surface area contributed by atoms with Gasteiger partial charge in [-0.1, -0.05) is 23.7 Å². The molecule has 0 fully saturated rings. The summed E-state index contributed by atoms with van der Waals surface area (Å²) < 4.78 is 0. The van der Waals surface area contributed by atoms with Gasteiger partial charge in [0.05, 0.1) is 0 Å². The van der Waals surface area contributed by atoms with E-state index in [9.17, 15) is 0 Å². The molecule has 3 heteroatoms. The second kappa shape index (κ2) is 4.85. The third-order valence-electron chi connectivity index (χ3n) is 1.57. The SMILES string of the molecule is CC(C)(N)Cc1ccc(Cl)cc1.[Cl-]. The Morgan fingerprint density at radius 1 is 1.23 bits per heavy atom. The minimum atomic E-state index is -0.145. The van der Waals surface area contributed by atoms with Crippen LogP contribution in [0.25, 0.3) is 0 Å². The normalized spacial score (nSPS) is 10.8. The molecule has 0 aliphatic heterocycles. The van der Waals surface area contributed by atoms with Crippen LogP contribution in [0.1, 0.15) is 19.4 Å². The van der Waals surface area contributed by atoms with Crippen molar-refractivity contribution < 1.29 is 12.4 Å². The lowest BCUT2D eigenvalue weighted by atomic mass is 9.96. The molecule has 0 saturated heterocycles. The first-order chi connectivity index (χ1) is 5.47. The summed E-state index contributed by atoms with van der Waals surface area (Å²) in [5.74, 6) is 0. The van der Waals surface area contributed by atoms with Gasteiger partial charge in [-0.3, -0.25) is 0 Å². The van der Waals surface area contributed by atoms with Gasteiger partial charge in [0.25, 0.3) is 0 Å². The summed E-state index contributed by atoms with van der Waals surface area (Å²) >= 11 is 5.75. The number of benzene rings is 1. The maximum Gasteiger partial charge on any atom is 0.0406 e. The Balaban J connectivity index is 0.00000144. The summed E-state index contributed by atoms with van der Waals surface area (Å²) in [4.78, 5) is 0. The molecule has 0 aliphatic rings. The summed E-state index contributed by atoms with van der Waals surface area (Å²) in [7, 11) is 0. The van der Waals surface area contributed by atoms with Crippen molar-refractivity contribution in [2.45, 2.75) is 25.8 Å². The van der Waals surface area contributed by atoms with E-state index in [0.29, 0.717) is 0 Å². The maximum absolute atomic E-state index is 5.87. The average Bonchev–Trinajstić information content (AvgIpc) is 1.91. The fraction of sp³-hybridized carbons (Fsp3) is 0.400. The van der Waals surface area contributed by atoms with E-state index in [1.54, 1.807) is 0 Å². The van der Waals surface area contributed by atoms with Gasteiger partial charge in [0.15, 0.2) is 0 Å². The van der Waals surface area contributed by atoms with Crippen molar-refractivity contribution in [1.29, 1.82) is 0 Å². The van der Waals surface area contributed by atoms with Crippen LogP contribution in [-0.4, -0.2) is 5.54 Å². The van der Waals surface area contributed by atoms with Crippen molar-refractivity contribution in [2.75, 3.05) is 0 Å². The molecular weight excluding hydrogens is 205 g/mol. The lowest BCUT2D eigenvalue weighted by Gasteiger charge is -2.18. The smallest absolute Gasteiger partial charge is 0.0406 e. The maximum atomic E-state index is 5.87. The highest BCUT2D eigenvalue weighted by Gasteiger charge is 2.10. The molecule has 1 rings (SSSR count). The van der Waals surface area contributed by atoms with Gasteiger partial charge in [-0.15, -0.1) is 0 Å². The average molecular weight is 219 g/mol. The van der Waals surface area contributed by atoms with E-state index >= 15 is 0 Å². The van der Waals surface area contributed by atoms with E-state index in [2.05, 4.69) is 0 Å². The van der Waals surface area contributed by atoms with Crippen molar-refractivity contribution in [2.24, 2.45) is 5.73 Å². The zero-order chi connectivity index (χ0) is 9.19. The van der Waals surface area contributed by atoms with E-state index in [1.807, 2.05) is 38.1 Å². The topological polar surface area (TPSA) is 26.0 Å². The Morgan fingerprint density at radius 2 is 1.69 bits per heavy atom. The summed E-state index contributed by atoms with van der Waals surface area (Å²) in [5.41, 5.74) is 6.96. The second-order valence-electron chi connectivity index (χ2n) is 3.79. The number of nitrogens with two attached hydrogens (primary N) is 1. The summed E-state index contributed by atoms with van der Waals surface area (Å²) in [5, 5.41) is 0.772. The molecule has 0 radical (unpaired) electrons. The summed E-state index contributed by atoms with van der Waals surface area (Å²) in [6.07, 6.45) is 0.879. The van der Waals surface area contributed by atoms with Crippen molar-refractivity contribution in [3.63, 3.8) is 0 Å². The van der Waals surface area contributed by atoms with Crippen molar-refractivity contribution >= 4 is 11.6 Å². The van der Waals surface area contributed by atoms with Crippen LogP contribution in [0.2, 0.25) is 5.02 Å². The first kappa shape index (κ1) is 12.8. The van der Waals surface area contributed by atoms with E-state index in [1.165, 1.54) is 5.56 Å². The van der Waals surface area contributed by atoms with Gasteiger partial charge in [0, 0.05) is 10.6 Å². The molecular formula is C10H14Cl2N-. The molecule has 0 bridgehead atoms. The third kappa shape index (κ3) is 5.14. The number of hydrogen-bond donors (Lipinski definition) is 1. The zero-order valence-electron chi connectivity index (χ0n) is 7.85. The number of hydrogen-bond acceptors (Lipinski definition) is 1. The van der Waals surface area contributed by atoms with Gasteiger partial charge in [-0.25, -0.2) is 0 Å². The van der Waals surface area contributed by atoms with E-state index in [0.717, 1.165) is 11.4 Å². The molecule has 0 unspecified atom stereocenters. The minimum Gasteiger partial charge on any atom is -1.00 e. The molecule has 0 saturated carbocycles. The van der Waals surface area contributed by atoms with Gasteiger partial charge in [-0.05, 0) is 38.0 Å². The molecule has 0 atom stereocenters. The third-order valence-corrected chi connectivity index (χ3v) is 1.82. The predicted molar refractivity (Wildman–Crippen MR) is 53.4 cm³/mol. The highest BCUT2D eigenvalue weighted by Crippen LogP contribution is 2.13. The van der Waals surface area contributed by atoms with Crippen LogP contribution in [0, 0.1) is 0 Å². The fourth-order valence-corrected chi connectivity index (χ4v) is 1.25. The van der Waals surface area contributed by atoms with Crippen LogP contribution in [0.4, 0.5) is 0 Å². The molecule has 1 nitrogen and oxygen atoms in total. The minimum absolute atomic E-state index is 0. The lowest BCUT2D eigenvalue weighted by molar-refractivity contribution is -0.00000321. The zero-order valence-corrected chi connectivity index (χ0v) is 9.36. The lowest BCUT2D eigenvalue weighted by Crippen LogP contribution is -3.00. The van der Waals surface area contributed by atoms with Gasteiger partial charge < -0.3 is 18.1 Å². The molecule has 1 aromatic carbocycles. The standard InChI is InChI=1S/C10H14ClN.ClH/c1-10(2,12)7-8-3-5-9(11)6-4-8;/h3-6H,7,12H2,1-2H3;1H/p-1. The van der Waals surface area contributed by atoms with E-state index < -0.39 is 0 Å². The second-order valence-corrected chi connectivity index (χ2v) is 4.23. The largest absolute Gasteiger partial charge is 1.00 e. The van der Waals surface area contributed by atoms with Gasteiger partial charge in [0.1, 0.15) is 0 Å². The summed E-state index contributed by atoms with van der Waals surface area (Å²) in [6.45, 7) is 4.03. The first-order valence-corrected chi connectivity index (χ1v) is 4.38. The van der Waals surface area contributed by atoms with Crippen molar-refractivity contribution in [3.05, 3.63) is 34.9 Å². The summed E-state index contributed by atoms with van der Waals surface area (Å²) in [6, 6.07) is 7.80. The van der Waals surface area contributed by atoms with Gasteiger partial charge in [0.2, 0.25) is 0 Å². The number of halogens is 2. The Labute approximate surface area is 90.7 Å². The molecule has 0 aliphatic carbocycles. The van der Waals surface area contributed by atoms with Crippen molar-refractivity contribution in [3.8, 4) is 0 Å². The van der Waals surface area contributed by atoms with E-state index in [-0.39, 0.29) is 17.9 Å². The van der Waals surface area contributed by atoms with Crippen LogP contribution in [0.15, 0.2) is 24.3 Å². The first-order valence-electron chi connectivity index (χ1n) is 4.01. The molecule has 74 valence electrons. The Bertz CT molecular complexity index is 249. The van der Waals surface area contributed by atoms with Crippen LogP contribution in [0.3, 0.4) is 0 Å². The molecule has 13 heavy (non-hydrogen) atoms. The van der Waals surface area contributed by atoms with Gasteiger partial charge in [-0.2, -0.15) is 0 Å². The molecule has 2 N–H and O–H groups in total. The molecule has 0 aromatic heterocycles. The van der Waals surface area contributed by atoms with E-state index in [4.69, 9.17) is 17.3 Å². The molecule has 0 amide bonds. The highest BCUT2D eigenvalue weighted by atomic mass is 35.5. The predicted octanol–water partition coefficient (Wildman–Crippen LogP) is -0.376. The Kier molecular flexibility index (Phi) is 4.76. The Morgan fingerprint density at radius 3 is 2.08 bits per heavy atom. The van der Waals surface area contributed by atoms with Crippen LogP contribution < -0.4 is 18.1 Å². The van der Waals surface area contributed by atoms with Crippen LogP contribution >= 0.6 is 11.6 Å². The van der Waals surface area contributed by atoms with Crippen LogP contribution in [0.5, 0.6) is 0 Å². The Hall–Kier alpha value is -0.240. The number of rotatable bonds is 2. The molecule has 1 aromatic rings. The monoisotopic (exact) mass is 218 g/mol. The quantitative estimate of drug-likeness (QED) is 0.721. The molecule has 0 spiro atoms. The van der Waals surface area contributed by atoms with Crippen molar-refractivity contribution in [1.82, 2.24) is 0 Å². The fourth-order valence-electron chi connectivity index (χ4n) is 1.13. The van der Waals surface area contributed by atoms with Crippen LogP contribution in [-0.2, 0) is 6.42 Å². The van der Waals surface area contributed by atoms with Gasteiger partial charge >= 0.3 is 0 Å².